The Kier molecular flexibility index (Phi) is 1.53. The van der Waals surface area contributed by atoms with Crippen LogP contribution in [0.3, 0.4) is 0 Å². The van der Waals surface area contributed by atoms with Crippen LogP contribution < -0.4 is 0 Å². The molecule has 0 aromatic carbocycles. The summed E-state index contributed by atoms with van der Waals surface area (Å²) in [6.07, 6.45) is 0. The minimum Gasteiger partial charge on any atom is -0.202 e. The highest BCUT2D eigenvalue weighted by Crippen LogP contribution is 2.23. The Balaban J connectivity index is 3.29. The monoisotopic (exact) mass is 148 g/mol. The Morgan fingerprint density at radius 1 is 1.22 bits per heavy atom. The molecule has 0 unspecified atom stereocenters. The first-order valence-corrected chi connectivity index (χ1v) is 3.35. The summed E-state index contributed by atoms with van der Waals surface area (Å²) in [5.41, 5.74) is 0.428. The number of halogens is 2. The van der Waals surface area contributed by atoms with Crippen LogP contribution >= 0.6 is 11.3 Å². The second-order valence-corrected chi connectivity index (χ2v) is 3.05. The topological polar surface area (TPSA) is 0 Å². The van der Waals surface area contributed by atoms with Gasteiger partial charge in [-0.25, -0.2) is 4.39 Å². The van der Waals surface area contributed by atoms with E-state index in [4.69, 9.17) is 0 Å². The quantitative estimate of drug-likeness (QED) is 0.530. The van der Waals surface area contributed by atoms with E-state index in [-0.39, 0.29) is 0 Å². The second-order valence-electron chi connectivity index (χ2n) is 1.87. The molecule has 0 aliphatic heterocycles. The molecule has 0 amide bonds. The molecular formula is C6H6F2S. The zero-order valence-corrected chi connectivity index (χ0v) is 5.98. The van der Waals surface area contributed by atoms with Crippen molar-refractivity contribution in [1.82, 2.24) is 0 Å². The predicted octanol–water partition coefficient (Wildman–Crippen LogP) is 2.64. The molecule has 0 atom stereocenters. The molecule has 0 saturated carbocycles. The van der Waals surface area contributed by atoms with Crippen LogP contribution in [0.1, 0.15) is 10.4 Å². The number of thiophene rings is 1. The fourth-order valence-electron chi connectivity index (χ4n) is 0.558. The van der Waals surface area contributed by atoms with E-state index in [0.29, 0.717) is 10.4 Å². The molecule has 3 heteroatoms. The third-order valence-corrected chi connectivity index (χ3v) is 2.24. The van der Waals surface area contributed by atoms with E-state index in [1.165, 1.54) is 0 Å². The van der Waals surface area contributed by atoms with E-state index in [9.17, 15) is 8.78 Å². The molecule has 0 nitrogen and oxygen atoms in total. The molecule has 0 fully saturated rings. The number of rotatable bonds is 0. The van der Waals surface area contributed by atoms with Gasteiger partial charge in [0.2, 0.25) is 5.13 Å². The van der Waals surface area contributed by atoms with Gasteiger partial charge in [0.15, 0.2) is 5.82 Å². The number of aryl methyl sites for hydroxylation is 1. The summed E-state index contributed by atoms with van der Waals surface area (Å²) in [5, 5.41) is -0.704. The lowest BCUT2D eigenvalue weighted by Crippen LogP contribution is -1.75. The molecular weight excluding hydrogens is 142 g/mol. The van der Waals surface area contributed by atoms with Crippen molar-refractivity contribution in [2.75, 3.05) is 0 Å². The predicted molar refractivity (Wildman–Crippen MR) is 33.7 cm³/mol. The smallest absolute Gasteiger partial charge is 0.202 e. The van der Waals surface area contributed by atoms with Gasteiger partial charge in [0, 0.05) is 10.4 Å². The summed E-state index contributed by atoms with van der Waals surface area (Å²) < 4.78 is 24.6. The van der Waals surface area contributed by atoms with Crippen LogP contribution in [0.4, 0.5) is 8.78 Å². The first-order chi connectivity index (χ1) is 4.13. The summed E-state index contributed by atoms with van der Waals surface area (Å²) >= 11 is 0.854. The van der Waals surface area contributed by atoms with E-state index in [0.717, 1.165) is 11.3 Å². The zero-order chi connectivity index (χ0) is 7.02. The lowest BCUT2D eigenvalue weighted by molar-refractivity contribution is 0.525. The fraction of sp³-hybridized carbons (Fsp3) is 0.333. The summed E-state index contributed by atoms with van der Waals surface area (Å²) in [6, 6.07) is 0. The minimum absolute atomic E-state index is 0.428. The van der Waals surface area contributed by atoms with Gasteiger partial charge in [-0.15, -0.1) is 11.3 Å². The molecule has 0 saturated heterocycles. The lowest BCUT2D eigenvalue weighted by atomic mass is 10.3. The highest BCUT2D eigenvalue weighted by molar-refractivity contribution is 7.10. The molecule has 0 radical (unpaired) electrons. The van der Waals surface area contributed by atoms with Crippen LogP contribution in [0.25, 0.3) is 0 Å². The Labute approximate surface area is 56.1 Å². The van der Waals surface area contributed by atoms with Crippen molar-refractivity contribution < 1.29 is 8.78 Å². The second kappa shape index (κ2) is 2.06. The summed E-state index contributed by atoms with van der Waals surface area (Å²) in [6.45, 7) is 3.27. The van der Waals surface area contributed by atoms with Crippen LogP contribution in [0.2, 0.25) is 0 Å². The van der Waals surface area contributed by atoms with Crippen molar-refractivity contribution in [3.8, 4) is 0 Å². The summed E-state index contributed by atoms with van der Waals surface area (Å²) in [5.74, 6) is -0.697. The Morgan fingerprint density at radius 3 is 1.89 bits per heavy atom. The fourth-order valence-corrected chi connectivity index (χ4v) is 1.31. The molecule has 0 N–H and O–H groups in total. The molecule has 0 aliphatic rings. The first-order valence-electron chi connectivity index (χ1n) is 2.54. The third kappa shape index (κ3) is 0.965. The van der Waals surface area contributed by atoms with Crippen molar-refractivity contribution >= 4 is 11.3 Å². The van der Waals surface area contributed by atoms with E-state index >= 15 is 0 Å². The molecule has 1 aromatic rings. The van der Waals surface area contributed by atoms with Crippen LogP contribution in [0.5, 0.6) is 0 Å². The maximum absolute atomic E-state index is 12.4. The Bertz CT molecular complexity index is 205. The van der Waals surface area contributed by atoms with Crippen LogP contribution in [-0.4, -0.2) is 0 Å². The van der Waals surface area contributed by atoms with Gasteiger partial charge in [0.05, 0.1) is 0 Å². The number of hydrogen-bond donors (Lipinski definition) is 0. The molecule has 1 aromatic heterocycles. The van der Waals surface area contributed by atoms with Gasteiger partial charge < -0.3 is 0 Å². The van der Waals surface area contributed by atoms with Crippen molar-refractivity contribution in [2.45, 2.75) is 13.8 Å². The zero-order valence-electron chi connectivity index (χ0n) is 5.16. The van der Waals surface area contributed by atoms with E-state index < -0.39 is 10.9 Å². The maximum Gasteiger partial charge on any atom is 0.212 e. The molecule has 1 rings (SSSR count). The van der Waals surface area contributed by atoms with Gasteiger partial charge in [-0.2, -0.15) is 4.39 Å². The normalized spacial score (nSPS) is 10.2. The third-order valence-electron chi connectivity index (χ3n) is 1.27. The first kappa shape index (κ1) is 6.68. The van der Waals surface area contributed by atoms with Gasteiger partial charge in [0.25, 0.3) is 0 Å². The minimum atomic E-state index is -0.704. The van der Waals surface area contributed by atoms with Gasteiger partial charge in [0.1, 0.15) is 0 Å². The van der Waals surface area contributed by atoms with E-state index in [1.54, 1.807) is 13.8 Å². The Morgan fingerprint density at radius 2 is 1.78 bits per heavy atom. The average molecular weight is 148 g/mol. The van der Waals surface area contributed by atoms with Crippen molar-refractivity contribution in [2.24, 2.45) is 0 Å². The van der Waals surface area contributed by atoms with Gasteiger partial charge in [-0.1, -0.05) is 0 Å². The maximum atomic E-state index is 12.4. The van der Waals surface area contributed by atoms with Crippen molar-refractivity contribution in [3.63, 3.8) is 0 Å². The SMILES string of the molecule is Cc1sc(F)c(F)c1C. The van der Waals surface area contributed by atoms with Crippen LogP contribution in [0, 0.1) is 24.8 Å². The standard InChI is InChI=1S/C6H6F2S/c1-3-4(2)9-6(8)5(3)7/h1-2H3. The van der Waals surface area contributed by atoms with Crippen LogP contribution in [0.15, 0.2) is 0 Å². The average Bonchev–Trinajstić information content (AvgIpc) is 1.98. The molecule has 50 valence electrons. The lowest BCUT2D eigenvalue weighted by Gasteiger charge is -1.83. The molecule has 0 aliphatic carbocycles. The highest BCUT2D eigenvalue weighted by atomic mass is 32.1. The molecule has 1 heterocycles. The van der Waals surface area contributed by atoms with E-state index in [2.05, 4.69) is 0 Å². The highest BCUT2D eigenvalue weighted by Gasteiger charge is 2.10. The van der Waals surface area contributed by atoms with Crippen LogP contribution in [-0.2, 0) is 0 Å². The molecule has 0 bridgehead atoms. The van der Waals surface area contributed by atoms with E-state index in [1.807, 2.05) is 0 Å². The van der Waals surface area contributed by atoms with Crippen molar-refractivity contribution in [1.29, 1.82) is 0 Å². The van der Waals surface area contributed by atoms with Gasteiger partial charge in [-0.05, 0) is 13.8 Å². The number of hydrogen-bond acceptors (Lipinski definition) is 1. The van der Waals surface area contributed by atoms with Gasteiger partial charge >= 0.3 is 0 Å². The summed E-state index contributed by atoms with van der Waals surface area (Å²) in [4.78, 5) is 0.713. The molecule has 9 heavy (non-hydrogen) atoms. The molecule has 0 spiro atoms. The summed E-state index contributed by atoms with van der Waals surface area (Å²) in [7, 11) is 0. The largest absolute Gasteiger partial charge is 0.212 e. The Hall–Kier alpha value is -0.440. The van der Waals surface area contributed by atoms with Crippen molar-refractivity contribution in [3.05, 3.63) is 21.4 Å². The van der Waals surface area contributed by atoms with Gasteiger partial charge in [-0.3, -0.25) is 0 Å².